The van der Waals surface area contributed by atoms with E-state index in [1.807, 2.05) is 12.1 Å². The van der Waals surface area contributed by atoms with Gasteiger partial charge in [0.05, 0.1) is 6.61 Å². The van der Waals surface area contributed by atoms with Crippen LogP contribution in [0.3, 0.4) is 0 Å². The quantitative estimate of drug-likeness (QED) is 0.681. The topological polar surface area (TPSA) is 47.3 Å². The van der Waals surface area contributed by atoms with E-state index >= 15 is 0 Å². The fourth-order valence-corrected chi connectivity index (χ4v) is 1.41. The lowest BCUT2D eigenvalue weighted by molar-refractivity contribution is 0.309. The van der Waals surface area contributed by atoms with Crippen molar-refractivity contribution in [2.24, 2.45) is 5.73 Å². The molecule has 0 unspecified atom stereocenters. The molecule has 3 N–H and O–H groups in total. The first-order valence-electron chi connectivity index (χ1n) is 6.41. The van der Waals surface area contributed by atoms with Crippen LogP contribution < -0.4 is 15.8 Å². The van der Waals surface area contributed by atoms with Gasteiger partial charge in [0.25, 0.3) is 0 Å². The van der Waals surface area contributed by atoms with Crippen LogP contribution in [-0.2, 0) is 6.54 Å². The summed E-state index contributed by atoms with van der Waals surface area (Å²) in [5.74, 6) is 0.953. The molecule has 0 amide bonds. The summed E-state index contributed by atoms with van der Waals surface area (Å²) in [6.45, 7) is 6.57. The molecule has 17 heavy (non-hydrogen) atoms. The molecule has 0 saturated heterocycles. The maximum absolute atomic E-state index is 5.61. The Bertz CT molecular complexity index is 298. The molecular formula is C14H24N2O. The Balaban J connectivity index is 2.34. The third-order valence-electron chi connectivity index (χ3n) is 2.70. The van der Waals surface area contributed by atoms with E-state index in [4.69, 9.17) is 10.5 Å². The zero-order chi connectivity index (χ0) is 12.5. The first-order valence-corrected chi connectivity index (χ1v) is 6.41. The van der Waals surface area contributed by atoms with Crippen LogP contribution in [0.25, 0.3) is 0 Å². The number of hydrogen-bond acceptors (Lipinski definition) is 3. The van der Waals surface area contributed by atoms with Crippen molar-refractivity contribution in [3.63, 3.8) is 0 Å². The fourth-order valence-electron chi connectivity index (χ4n) is 1.41. The van der Waals surface area contributed by atoms with Crippen LogP contribution in [0.1, 0.15) is 32.3 Å². The third kappa shape index (κ3) is 5.71. The van der Waals surface area contributed by atoms with Gasteiger partial charge in [0.15, 0.2) is 0 Å². The summed E-state index contributed by atoms with van der Waals surface area (Å²) >= 11 is 0. The Morgan fingerprint density at radius 1 is 1.29 bits per heavy atom. The highest BCUT2D eigenvalue weighted by Crippen LogP contribution is 2.12. The number of unbranched alkanes of at least 4 members (excludes halogenated alkanes) is 1. The van der Waals surface area contributed by atoms with E-state index in [1.54, 1.807) is 0 Å². The number of nitrogens with one attached hydrogen (secondary N) is 1. The van der Waals surface area contributed by atoms with Gasteiger partial charge in [0.1, 0.15) is 5.75 Å². The van der Waals surface area contributed by atoms with E-state index in [0.29, 0.717) is 12.6 Å². The summed E-state index contributed by atoms with van der Waals surface area (Å²) in [7, 11) is 0. The molecule has 0 radical (unpaired) electrons. The lowest BCUT2D eigenvalue weighted by Gasteiger charge is -2.11. The van der Waals surface area contributed by atoms with E-state index in [1.165, 1.54) is 12.0 Å². The van der Waals surface area contributed by atoms with Crippen LogP contribution in [0.4, 0.5) is 0 Å². The van der Waals surface area contributed by atoms with Gasteiger partial charge in [-0.15, -0.1) is 0 Å². The minimum absolute atomic E-state index is 0.357. The van der Waals surface area contributed by atoms with Gasteiger partial charge in [0, 0.05) is 19.1 Å². The Kier molecular flexibility index (Phi) is 6.67. The van der Waals surface area contributed by atoms with E-state index in [2.05, 4.69) is 31.3 Å². The second-order valence-corrected chi connectivity index (χ2v) is 4.36. The summed E-state index contributed by atoms with van der Waals surface area (Å²) in [6.07, 6.45) is 2.27. The van der Waals surface area contributed by atoms with Crippen molar-refractivity contribution in [1.29, 1.82) is 0 Å². The van der Waals surface area contributed by atoms with Crippen LogP contribution in [0.5, 0.6) is 5.75 Å². The van der Waals surface area contributed by atoms with Gasteiger partial charge in [-0.05, 0) is 31.0 Å². The predicted octanol–water partition coefficient (Wildman–Crippen LogP) is 2.30. The molecule has 1 rings (SSSR count). The third-order valence-corrected chi connectivity index (χ3v) is 2.70. The normalized spacial score (nSPS) is 12.4. The van der Waals surface area contributed by atoms with Crippen LogP contribution >= 0.6 is 0 Å². The summed E-state index contributed by atoms with van der Waals surface area (Å²) in [4.78, 5) is 0. The number of benzene rings is 1. The van der Waals surface area contributed by atoms with Crippen molar-refractivity contribution >= 4 is 0 Å². The average Bonchev–Trinajstić information content (AvgIpc) is 2.37. The van der Waals surface area contributed by atoms with Gasteiger partial charge >= 0.3 is 0 Å². The first kappa shape index (κ1) is 14.0. The molecule has 1 aromatic rings. The van der Waals surface area contributed by atoms with Gasteiger partial charge in [0.2, 0.25) is 0 Å². The molecule has 0 aliphatic carbocycles. The van der Waals surface area contributed by atoms with Gasteiger partial charge in [-0.3, -0.25) is 0 Å². The maximum atomic E-state index is 5.61. The number of ether oxygens (including phenoxy) is 1. The summed E-state index contributed by atoms with van der Waals surface area (Å²) in [5.41, 5.74) is 6.80. The Morgan fingerprint density at radius 3 is 2.59 bits per heavy atom. The summed E-state index contributed by atoms with van der Waals surface area (Å²) < 4.78 is 5.61. The Hall–Kier alpha value is -1.06. The summed E-state index contributed by atoms with van der Waals surface area (Å²) in [6, 6.07) is 8.60. The van der Waals surface area contributed by atoms with Crippen molar-refractivity contribution in [3.8, 4) is 5.75 Å². The molecule has 3 nitrogen and oxygen atoms in total. The zero-order valence-electron chi connectivity index (χ0n) is 10.9. The predicted molar refractivity (Wildman–Crippen MR) is 72.2 cm³/mol. The summed E-state index contributed by atoms with van der Waals surface area (Å²) in [5, 5.41) is 3.35. The molecule has 0 heterocycles. The average molecular weight is 236 g/mol. The fraction of sp³-hybridized carbons (Fsp3) is 0.571. The highest BCUT2D eigenvalue weighted by Gasteiger charge is 1.99. The number of rotatable bonds is 8. The minimum atomic E-state index is 0.357. The van der Waals surface area contributed by atoms with Crippen LogP contribution in [0.15, 0.2) is 24.3 Å². The highest BCUT2D eigenvalue weighted by atomic mass is 16.5. The molecule has 0 aliphatic heterocycles. The monoisotopic (exact) mass is 236 g/mol. The van der Waals surface area contributed by atoms with Crippen molar-refractivity contribution in [2.45, 2.75) is 39.3 Å². The molecular weight excluding hydrogens is 212 g/mol. The van der Waals surface area contributed by atoms with Gasteiger partial charge in [-0.2, -0.15) is 0 Å². The van der Waals surface area contributed by atoms with E-state index in [0.717, 1.165) is 25.3 Å². The molecule has 0 fully saturated rings. The highest BCUT2D eigenvalue weighted by molar-refractivity contribution is 5.27. The number of nitrogens with two attached hydrogens (primary N) is 1. The molecule has 0 aromatic heterocycles. The standard InChI is InChI=1S/C14H24N2O/c1-3-4-9-17-14-7-5-13(6-8-14)11-16-12(2)10-15/h5-8,12,16H,3-4,9-11,15H2,1-2H3/t12-/m1/s1. The second-order valence-electron chi connectivity index (χ2n) is 4.36. The number of hydrogen-bond donors (Lipinski definition) is 2. The molecule has 3 heteroatoms. The maximum Gasteiger partial charge on any atom is 0.119 e. The molecule has 1 aromatic carbocycles. The van der Waals surface area contributed by atoms with Crippen molar-refractivity contribution in [2.75, 3.05) is 13.2 Å². The molecule has 96 valence electrons. The zero-order valence-corrected chi connectivity index (χ0v) is 10.9. The molecule has 0 saturated carbocycles. The van der Waals surface area contributed by atoms with E-state index < -0.39 is 0 Å². The van der Waals surface area contributed by atoms with E-state index in [-0.39, 0.29) is 0 Å². The van der Waals surface area contributed by atoms with Gasteiger partial charge < -0.3 is 15.8 Å². The SMILES string of the molecule is CCCCOc1ccc(CN[C@H](C)CN)cc1. The lowest BCUT2D eigenvalue weighted by atomic mass is 10.2. The largest absolute Gasteiger partial charge is 0.494 e. The van der Waals surface area contributed by atoms with E-state index in [9.17, 15) is 0 Å². The Morgan fingerprint density at radius 2 is 2.00 bits per heavy atom. The second kappa shape index (κ2) is 8.09. The lowest BCUT2D eigenvalue weighted by Crippen LogP contribution is -2.32. The van der Waals surface area contributed by atoms with Crippen molar-refractivity contribution < 1.29 is 4.74 Å². The molecule has 1 atom stereocenters. The van der Waals surface area contributed by atoms with Crippen molar-refractivity contribution in [1.82, 2.24) is 5.32 Å². The first-order chi connectivity index (χ1) is 8.26. The molecule has 0 aliphatic rings. The Labute approximate surface area is 104 Å². The van der Waals surface area contributed by atoms with Gasteiger partial charge in [-0.25, -0.2) is 0 Å². The minimum Gasteiger partial charge on any atom is -0.494 e. The van der Waals surface area contributed by atoms with Gasteiger partial charge in [-0.1, -0.05) is 25.5 Å². The van der Waals surface area contributed by atoms with Crippen molar-refractivity contribution in [3.05, 3.63) is 29.8 Å². The van der Waals surface area contributed by atoms with Crippen LogP contribution in [0.2, 0.25) is 0 Å². The van der Waals surface area contributed by atoms with Crippen LogP contribution in [0, 0.1) is 0 Å². The molecule has 0 spiro atoms. The smallest absolute Gasteiger partial charge is 0.119 e. The van der Waals surface area contributed by atoms with Crippen LogP contribution in [-0.4, -0.2) is 19.2 Å². The molecule has 0 bridgehead atoms.